The highest BCUT2D eigenvalue weighted by molar-refractivity contribution is 6.24. The van der Waals surface area contributed by atoms with Crippen molar-refractivity contribution < 1.29 is 24.3 Å². The summed E-state index contributed by atoms with van der Waals surface area (Å²) in [7, 11) is 0. The Morgan fingerprint density at radius 2 is 2.23 bits per heavy atom. The van der Waals surface area contributed by atoms with Crippen LogP contribution in [0, 0.1) is 11.3 Å². The summed E-state index contributed by atoms with van der Waals surface area (Å²) in [5.41, 5.74) is -0.292. The van der Waals surface area contributed by atoms with Crippen LogP contribution in [-0.2, 0) is 19.2 Å². The van der Waals surface area contributed by atoms with Crippen molar-refractivity contribution in [1.29, 1.82) is 0 Å². The van der Waals surface area contributed by atoms with Gasteiger partial charge in [-0.25, -0.2) is 0 Å². The Bertz CT molecular complexity index is 634. The van der Waals surface area contributed by atoms with E-state index in [4.69, 9.17) is 9.57 Å². The molecule has 0 aromatic carbocycles. The summed E-state index contributed by atoms with van der Waals surface area (Å²) in [5, 5.41) is 15.0. The lowest BCUT2D eigenvalue weighted by Gasteiger charge is -2.37. The number of ketones is 1. The van der Waals surface area contributed by atoms with E-state index >= 15 is 0 Å². The molecule has 0 heterocycles. The Hall–Kier alpha value is -2.11. The number of esters is 1. The van der Waals surface area contributed by atoms with Gasteiger partial charge in [-0.3, -0.25) is 9.59 Å². The molecule has 2 rings (SSSR count). The monoisotopic (exact) mass is 363 g/mol. The summed E-state index contributed by atoms with van der Waals surface area (Å²) in [6, 6.07) is 0. The fourth-order valence-corrected chi connectivity index (χ4v) is 3.95. The fraction of sp³-hybridized carbons (Fsp3) is 0.650. The second kappa shape index (κ2) is 8.52. The molecule has 26 heavy (non-hydrogen) atoms. The van der Waals surface area contributed by atoms with Crippen molar-refractivity contribution in [1.82, 2.24) is 0 Å². The highest BCUT2D eigenvalue weighted by Crippen LogP contribution is 2.53. The molecule has 0 aromatic rings. The van der Waals surface area contributed by atoms with Gasteiger partial charge in [0.1, 0.15) is 12.4 Å². The SMILES string of the molecule is C=CCON=C(CCC)C1=C(O)C2CCCC2(C(=O)OC(C)C)CC1=O. The van der Waals surface area contributed by atoms with Crippen LogP contribution in [0.3, 0.4) is 0 Å². The third-order valence-corrected chi connectivity index (χ3v) is 5.02. The first-order valence-corrected chi connectivity index (χ1v) is 9.34. The highest BCUT2D eigenvalue weighted by Gasteiger charge is 2.57. The summed E-state index contributed by atoms with van der Waals surface area (Å²) in [5.74, 6) is -1.08. The maximum Gasteiger partial charge on any atom is 0.313 e. The van der Waals surface area contributed by atoms with E-state index < -0.39 is 11.3 Å². The van der Waals surface area contributed by atoms with Crippen molar-refractivity contribution in [3.8, 4) is 0 Å². The van der Waals surface area contributed by atoms with E-state index in [1.165, 1.54) is 0 Å². The van der Waals surface area contributed by atoms with Crippen LogP contribution in [0.1, 0.15) is 59.3 Å². The molecular formula is C20H29NO5. The molecule has 1 fully saturated rings. The van der Waals surface area contributed by atoms with Crippen molar-refractivity contribution in [3.05, 3.63) is 24.0 Å². The number of ether oxygens (including phenoxy) is 1. The molecule has 0 spiro atoms. The van der Waals surface area contributed by atoms with Gasteiger partial charge in [-0.05, 0) is 33.1 Å². The van der Waals surface area contributed by atoms with Crippen LogP contribution in [0.2, 0.25) is 0 Å². The van der Waals surface area contributed by atoms with Crippen molar-refractivity contribution in [2.75, 3.05) is 6.61 Å². The van der Waals surface area contributed by atoms with Gasteiger partial charge in [0.15, 0.2) is 5.78 Å². The van der Waals surface area contributed by atoms with Crippen LogP contribution in [0.4, 0.5) is 0 Å². The molecule has 0 bridgehead atoms. The Morgan fingerprint density at radius 1 is 1.50 bits per heavy atom. The number of carbonyl (C=O) groups is 2. The first-order valence-electron chi connectivity index (χ1n) is 9.34. The van der Waals surface area contributed by atoms with Crippen molar-refractivity contribution >= 4 is 17.5 Å². The zero-order chi connectivity index (χ0) is 19.3. The standard InChI is InChI=1S/C20H29NO5/c1-5-8-15(21-25-11-6-2)17-16(22)12-20(19(24)26-13(3)4)10-7-9-14(20)18(17)23/h6,13-14,23H,2,5,7-12H2,1,3-4H3. The number of nitrogens with zero attached hydrogens (tertiary/aromatic N) is 1. The number of hydrogen-bond donors (Lipinski definition) is 1. The van der Waals surface area contributed by atoms with Gasteiger partial charge < -0.3 is 14.7 Å². The van der Waals surface area contributed by atoms with Crippen LogP contribution in [-0.4, -0.2) is 35.3 Å². The largest absolute Gasteiger partial charge is 0.511 e. The molecule has 2 aliphatic rings. The second-order valence-corrected chi connectivity index (χ2v) is 7.29. The van der Waals surface area contributed by atoms with E-state index in [1.807, 2.05) is 6.92 Å². The van der Waals surface area contributed by atoms with Crippen LogP contribution in [0.15, 0.2) is 29.1 Å². The van der Waals surface area contributed by atoms with Gasteiger partial charge in [0.25, 0.3) is 0 Å². The summed E-state index contributed by atoms with van der Waals surface area (Å²) < 4.78 is 5.42. The van der Waals surface area contributed by atoms with Crippen molar-refractivity contribution in [2.45, 2.75) is 65.4 Å². The quantitative estimate of drug-likeness (QED) is 0.233. The van der Waals surface area contributed by atoms with Crippen LogP contribution in [0.25, 0.3) is 0 Å². The predicted molar refractivity (Wildman–Crippen MR) is 98.8 cm³/mol. The molecule has 0 saturated heterocycles. The van der Waals surface area contributed by atoms with Crippen molar-refractivity contribution in [2.24, 2.45) is 16.5 Å². The first kappa shape index (κ1) is 20.2. The number of fused-ring (bicyclic) bond motifs is 1. The normalized spacial score (nSPS) is 26.1. The molecule has 1 N–H and O–H groups in total. The molecule has 144 valence electrons. The average Bonchev–Trinajstić information content (AvgIpc) is 2.99. The Labute approximate surface area is 154 Å². The lowest BCUT2D eigenvalue weighted by molar-refractivity contribution is -0.164. The van der Waals surface area contributed by atoms with E-state index in [-0.39, 0.29) is 42.2 Å². The van der Waals surface area contributed by atoms with Gasteiger partial charge in [-0.1, -0.05) is 37.6 Å². The van der Waals surface area contributed by atoms with E-state index in [0.717, 1.165) is 12.8 Å². The Kier molecular flexibility index (Phi) is 6.62. The zero-order valence-electron chi connectivity index (χ0n) is 15.9. The summed E-state index contributed by atoms with van der Waals surface area (Å²) >= 11 is 0. The minimum Gasteiger partial charge on any atom is -0.511 e. The number of hydrogen-bond acceptors (Lipinski definition) is 6. The third-order valence-electron chi connectivity index (χ3n) is 5.02. The number of aliphatic hydroxyl groups is 1. The highest BCUT2D eigenvalue weighted by atomic mass is 16.6. The molecule has 1 saturated carbocycles. The molecule has 6 nitrogen and oxygen atoms in total. The molecule has 0 radical (unpaired) electrons. The van der Waals surface area contributed by atoms with E-state index in [2.05, 4.69) is 11.7 Å². The van der Waals surface area contributed by atoms with E-state index in [1.54, 1.807) is 19.9 Å². The number of carbonyl (C=O) groups excluding carboxylic acids is 2. The molecule has 2 unspecified atom stereocenters. The van der Waals surface area contributed by atoms with Crippen molar-refractivity contribution in [3.63, 3.8) is 0 Å². The van der Waals surface area contributed by atoms with Crippen LogP contribution in [0.5, 0.6) is 0 Å². The Balaban J connectivity index is 2.42. The van der Waals surface area contributed by atoms with Crippen LogP contribution < -0.4 is 0 Å². The zero-order valence-corrected chi connectivity index (χ0v) is 15.9. The topological polar surface area (TPSA) is 85.2 Å². The molecule has 0 aromatic heterocycles. The summed E-state index contributed by atoms with van der Waals surface area (Å²) in [6.07, 6.45) is 4.60. The average molecular weight is 363 g/mol. The number of oxime groups is 1. The van der Waals surface area contributed by atoms with Gasteiger partial charge in [0, 0.05) is 12.3 Å². The summed E-state index contributed by atoms with van der Waals surface area (Å²) in [4.78, 5) is 30.8. The number of allylic oxidation sites excluding steroid dienone is 2. The van der Waals surface area contributed by atoms with Gasteiger partial charge in [0.05, 0.1) is 22.8 Å². The van der Waals surface area contributed by atoms with E-state index in [9.17, 15) is 14.7 Å². The number of aliphatic hydroxyl groups excluding tert-OH is 1. The first-order chi connectivity index (χ1) is 12.4. The fourth-order valence-electron chi connectivity index (χ4n) is 3.95. The van der Waals surface area contributed by atoms with Gasteiger partial charge in [-0.2, -0.15) is 0 Å². The summed E-state index contributed by atoms with van der Waals surface area (Å²) in [6.45, 7) is 9.33. The smallest absolute Gasteiger partial charge is 0.313 e. The molecule has 2 aliphatic carbocycles. The third kappa shape index (κ3) is 3.84. The van der Waals surface area contributed by atoms with Gasteiger partial charge in [-0.15, -0.1) is 0 Å². The number of Topliss-reactive ketones (excluding diaryl/α,β-unsaturated/α-hetero) is 1. The Morgan fingerprint density at radius 3 is 2.85 bits per heavy atom. The predicted octanol–water partition coefficient (Wildman–Crippen LogP) is 3.87. The number of rotatable bonds is 8. The lowest BCUT2D eigenvalue weighted by Crippen LogP contribution is -2.45. The molecular weight excluding hydrogens is 334 g/mol. The molecule has 0 aliphatic heterocycles. The van der Waals surface area contributed by atoms with Crippen LogP contribution >= 0.6 is 0 Å². The van der Waals surface area contributed by atoms with E-state index in [0.29, 0.717) is 25.0 Å². The maximum absolute atomic E-state index is 12.9. The van der Waals surface area contributed by atoms with Gasteiger partial charge in [0.2, 0.25) is 0 Å². The molecule has 2 atom stereocenters. The maximum atomic E-state index is 12.9. The van der Waals surface area contributed by atoms with Gasteiger partial charge >= 0.3 is 5.97 Å². The molecule has 0 amide bonds. The minimum atomic E-state index is -0.950. The minimum absolute atomic E-state index is 0.0335. The lowest BCUT2D eigenvalue weighted by atomic mass is 9.67. The second-order valence-electron chi connectivity index (χ2n) is 7.29. The molecule has 6 heteroatoms.